The van der Waals surface area contributed by atoms with Crippen molar-refractivity contribution in [1.29, 1.82) is 0 Å². The van der Waals surface area contributed by atoms with Crippen LogP contribution < -0.4 is 5.73 Å². The van der Waals surface area contributed by atoms with Crippen LogP contribution in [-0.4, -0.2) is 65.7 Å². The van der Waals surface area contributed by atoms with E-state index in [1.54, 1.807) is 0 Å². The fraction of sp³-hybridized carbons (Fsp3) is 0.474. The molecular weight excluding hydrogens is 405 g/mol. The van der Waals surface area contributed by atoms with Crippen LogP contribution in [0, 0.1) is 0 Å². The number of ether oxygens (including phenoxy) is 4. The number of nitrogens with two attached hydrogens (primary N) is 1. The fourth-order valence-electron chi connectivity index (χ4n) is 2.97. The highest BCUT2D eigenvalue weighted by atomic mass is 19.1. The van der Waals surface area contributed by atoms with E-state index in [-0.39, 0.29) is 5.56 Å². The van der Waals surface area contributed by atoms with Crippen molar-refractivity contribution in [2.24, 2.45) is 0 Å². The number of benzene rings is 1. The number of hydrogen-bond donors (Lipinski definition) is 2. The van der Waals surface area contributed by atoms with Gasteiger partial charge in [-0.2, -0.15) is 0 Å². The summed E-state index contributed by atoms with van der Waals surface area (Å²) in [5, 5.41) is 10.9. The van der Waals surface area contributed by atoms with Crippen LogP contribution in [0.1, 0.15) is 31.1 Å². The Kier molecular flexibility index (Phi) is 7.11. The van der Waals surface area contributed by atoms with E-state index in [0.29, 0.717) is 5.69 Å². The zero-order chi connectivity index (χ0) is 22.6. The third-order valence-corrected chi connectivity index (χ3v) is 4.24. The lowest BCUT2D eigenvalue weighted by Gasteiger charge is -2.45. The predicted molar refractivity (Wildman–Crippen MR) is 97.6 cm³/mol. The Balaban J connectivity index is 2.48. The number of alkyl halides is 1. The lowest BCUT2D eigenvalue weighted by atomic mass is 9.88. The van der Waals surface area contributed by atoms with E-state index < -0.39 is 60.6 Å². The predicted octanol–water partition coefficient (Wildman–Crippen LogP) is 0.303. The molecule has 11 heteroatoms. The van der Waals surface area contributed by atoms with Crippen LogP contribution in [0.3, 0.4) is 0 Å². The summed E-state index contributed by atoms with van der Waals surface area (Å²) in [5.41, 5.74) is 5.74. The second-order valence-electron chi connectivity index (χ2n) is 6.66. The van der Waals surface area contributed by atoms with Crippen molar-refractivity contribution in [3.05, 3.63) is 29.8 Å². The molecule has 0 spiro atoms. The van der Waals surface area contributed by atoms with Crippen LogP contribution in [-0.2, 0) is 33.3 Å². The van der Waals surface area contributed by atoms with Gasteiger partial charge in [-0.25, -0.2) is 4.39 Å². The van der Waals surface area contributed by atoms with Crippen molar-refractivity contribution in [3.63, 3.8) is 0 Å². The summed E-state index contributed by atoms with van der Waals surface area (Å²) < 4.78 is 35.3. The first-order valence-electron chi connectivity index (χ1n) is 8.88. The van der Waals surface area contributed by atoms with Crippen molar-refractivity contribution in [3.8, 4) is 0 Å². The number of carbonyl (C=O) groups is 4. The zero-order valence-corrected chi connectivity index (χ0v) is 16.5. The molecule has 3 N–H and O–H groups in total. The van der Waals surface area contributed by atoms with E-state index in [1.165, 1.54) is 24.3 Å². The summed E-state index contributed by atoms with van der Waals surface area (Å²) >= 11 is 0. The molecule has 1 unspecified atom stereocenters. The maximum atomic E-state index is 15.3. The Morgan fingerprint density at radius 2 is 1.57 bits per heavy atom. The molecule has 0 amide bonds. The molecule has 1 aliphatic heterocycles. The molecule has 1 aromatic carbocycles. The molecule has 5 atom stereocenters. The van der Waals surface area contributed by atoms with Gasteiger partial charge in [0.15, 0.2) is 12.2 Å². The molecule has 0 radical (unpaired) electrons. The first-order valence-corrected chi connectivity index (χ1v) is 8.88. The van der Waals surface area contributed by atoms with Crippen LogP contribution in [0.15, 0.2) is 24.3 Å². The van der Waals surface area contributed by atoms with Gasteiger partial charge in [-0.3, -0.25) is 19.2 Å². The Labute approximate surface area is 171 Å². The number of carbonyl (C=O) groups excluding carboxylic acids is 4. The SMILES string of the molecule is CC(=O)OC[C@H]1OC(O)(C(=O)c2ccc(N)cc2)[C@H](F)[C@@H](OC(C)=O)[C@@H]1OC(C)=O. The molecule has 0 bridgehead atoms. The number of hydrogen-bond acceptors (Lipinski definition) is 10. The summed E-state index contributed by atoms with van der Waals surface area (Å²) in [6, 6.07) is 5.19. The summed E-state index contributed by atoms with van der Waals surface area (Å²) in [7, 11) is 0. The molecule has 10 nitrogen and oxygen atoms in total. The number of aliphatic hydroxyl groups is 1. The molecule has 0 aliphatic carbocycles. The quantitative estimate of drug-likeness (QED) is 0.281. The maximum Gasteiger partial charge on any atom is 0.303 e. The largest absolute Gasteiger partial charge is 0.463 e. The molecular formula is C19H22FNO9. The average molecular weight is 427 g/mol. The number of ketones is 1. The Morgan fingerprint density at radius 3 is 2.07 bits per heavy atom. The van der Waals surface area contributed by atoms with Crippen LogP contribution in [0.2, 0.25) is 0 Å². The van der Waals surface area contributed by atoms with Gasteiger partial charge in [0.05, 0.1) is 0 Å². The van der Waals surface area contributed by atoms with Gasteiger partial charge < -0.3 is 29.8 Å². The first kappa shape index (κ1) is 23.2. The lowest BCUT2D eigenvalue weighted by molar-refractivity contribution is -0.312. The van der Waals surface area contributed by atoms with E-state index in [2.05, 4.69) is 0 Å². The van der Waals surface area contributed by atoms with Crippen molar-refractivity contribution < 1.29 is 47.6 Å². The van der Waals surface area contributed by atoms with E-state index in [1.807, 2.05) is 0 Å². The molecule has 1 aromatic rings. The lowest BCUT2D eigenvalue weighted by Crippen LogP contribution is -2.68. The molecule has 1 fully saturated rings. The molecule has 0 saturated carbocycles. The fourth-order valence-corrected chi connectivity index (χ4v) is 2.97. The van der Waals surface area contributed by atoms with E-state index in [0.717, 1.165) is 20.8 Å². The molecule has 2 rings (SSSR count). The standard InChI is InChI=1S/C19H22FNO9/c1-9(22)27-8-14-15(28-10(2)23)16(29-11(3)24)17(20)19(26,30-14)18(25)12-4-6-13(21)7-5-12/h4-7,14-17,26H,8,21H2,1-3H3/t14-,15-,16+,17-,19?/m1/s1. The van der Waals surface area contributed by atoms with Gasteiger partial charge in [-0.05, 0) is 24.3 Å². The van der Waals surface area contributed by atoms with Gasteiger partial charge in [-0.1, -0.05) is 0 Å². The minimum atomic E-state index is -3.13. The Bertz CT molecular complexity index is 828. The number of nitrogen functional groups attached to an aromatic ring is 1. The summed E-state index contributed by atoms with van der Waals surface area (Å²) in [6.07, 6.45) is -7.66. The highest BCUT2D eigenvalue weighted by Gasteiger charge is 2.61. The van der Waals surface area contributed by atoms with Gasteiger partial charge in [0.1, 0.15) is 12.7 Å². The van der Waals surface area contributed by atoms with Crippen LogP contribution in [0.5, 0.6) is 0 Å². The number of halogens is 1. The van der Waals surface area contributed by atoms with E-state index in [9.17, 15) is 24.3 Å². The number of anilines is 1. The summed E-state index contributed by atoms with van der Waals surface area (Å²) in [5.74, 6) is -6.91. The number of rotatable bonds is 6. The maximum absolute atomic E-state index is 15.3. The van der Waals surface area contributed by atoms with E-state index in [4.69, 9.17) is 24.7 Å². The van der Waals surface area contributed by atoms with Gasteiger partial charge in [0, 0.05) is 32.0 Å². The topological polar surface area (TPSA) is 151 Å². The van der Waals surface area contributed by atoms with E-state index >= 15 is 4.39 Å². The monoisotopic (exact) mass is 427 g/mol. The van der Waals surface area contributed by atoms with Crippen LogP contribution in [0.25, 0.3) is 0 Å². The van der Waals surface area contributed by atoms with Crippen LogP contribution >= 0.6 is 0 Å². The van der Waals surface area contributed by atoms with Gasteiger partial charge in [0.2, 0.25) is 12.0 Å². The normalized spacial score (nSPS) is 28.3. The third-order valence-electron chi connectivity index (χ3n) is 4.24. The molecule has 0 aromatic heterocycles. The van der Waals surface area contributed by atoms with Crippen LogP contribution in [0.4, 0.5) is 10.1 Å². The van der Waals surface area contributed by atoms with Crippen molar-refractivity contribution in [1.82, 2.24) is 0 Å². The van der Waals surface area contributed by atoms with Crippen molar-refractivity contribution >= 4 is 29.4 Å². The Hall–Kier alpha value is -3.05. The highest BCUT2D eigenvalue weighted by Crippen LogP contribution is 2.36. The average Bonchev–Trinajstić information content (AvgIpc) is 2.65. The van der Waals surface area contributed by atoms with Gasteiger partial charge in [-0.15, -0.1) is 0 Å². The smallest absolute Gasteiger partial charge is 0.303 e. The highest BCUT2D eigenvalue weighted by molar-refractivity contribution is 6.02. The Morgan fingerprint density at radius 1 is 1.03 bits per heavy atom. The minimum absolute atomic E-state index is 0.145. The first-order chi connectivity index (χ1) is 14.0. The van der Waals surface area contributed by atoms with Gasteiger partial charge >= 0.3 is 17.9 Å². The molecule has 1 heterocycles. The summed E-state index contributed by atoms with van der Waals surface area (Å²) in [6.45, 7) is 2.45. The number of esters is 3. The third kappa shape index (κ3) is 5.10. The molecule has 1 saturated heterocycles. The molecule has 30 heavy (non-hydrogen) atoms. The second-order valence-corrected chi connectivity index (χ2v) is 6.66. The zero-order valence-electron chi connectivity index (χ0n) is 16.5. The second kappa shape index (κ2) is 9.18. The minimum Gasteiger partial charge on any atom is -0.463 e. The summed E-state index contributed by atoms with van der Waals surface area (Å²) in [4.78, 5) is 47.1. The number of Topliss-reactive ketones (excluding diaryl/α,β-unsaturated/α-hetero) is 1. The molecule has 164 valence electrons. The van der Waals surface area contributed by atoms with Crippen molar-refractivity contribution in [2.45, 2.75) is 51.0 Å². The van der Waals surface area contributed by atoms with Gasteiger partial charge in [0.25, 0.3) is 5.79 Å². The van der Waals surface area contributed by atoms with Crippen molar-refractivity contribution in [2.75, 3.05) is 12.3 Å². The molecule has 1 aliphatic rings.